The van der Waals surface area contributed by atoms with E-state index in [2.05, 4.69) is 6.92 Å². The Balaban J connectivity index is 1.75. The zero-order valence-corrected chi connectivity index (χ0v) is 16.7. The number of morpholine rings is 1. The summed E-state index contributed by atoms with van der Waals surface area (Å²) in [5.74, 6) is 0.524. The number of benzene rings is 1. The topological polar surface area (TPSA) is 66.9 Å². The van der Waals surface area contributed by atoms with E-state index < -0.39 is 10.0 Å². The fourth-order valence-corrected chi connectivity index (χ4v) is 5.12. The lowest BCUT2D eigenvalue weighted by atomic mass is 10.1. The van der Waals surface area contributed by atoms with Gasteiger partial charge in [0.15, 0.2) is 0 Å². The van der Waals surface area contributed by atoms with E-state index >= 15 is 0 Å². The molecule has 1 saturated heterocycles. The third-order valence-electron chi connectivity index (χ3n) is 5.36. The van der Waals surface area contributed by atoms with Crippen molar-refractivity contribution in [2.75, 3.05) is 20.1 Å². The first-order chi connectivity index (χ1) is 12.2. The maximum atomic E-state index is 12.9. The quantitative estimate of drug-likeness (QED) is 0.786. The Labute approximate surface area is 156 Å². The van der Waals surface area contributed by atoms with Gasteiger partial charge in [-0.05, 0) is 63.8 Å². The van der Waals surface area contributed by atoms with Crippen LogP contribution in [0.2, 0.25) is 0 Å². The predicted molar refractivity (Wildman–Crippen MR) is 99.5 cm³/mol. The second-order valence-corrected chi connectivity index (χ2v) is 9.54. The van der Waals surface area contributed by atoms with E-state index in [-0.39, 0.29) is 29.1 Å². The number of rotatable bonds is 5. The van der Waals surface area contributed by atoms with Crippen LogP contribution in [0.3, 0.4) is 0 Å². The number of ether oxygens (including phenoxy) is 1. The molecule has 3 atom stereocenters. The van der Waals surface area contributed by atoms with E-state index in [0.29, 0.717) is 24.6 Å². The summed E-state index contributed by atoms with van der Waals surface area (Å²) in [5, 5.41) is 0. The first-order valence-electron chi connectivity index (χ1n) is 9.23. The smallest absolute Gasteiger partial charge is 0.253 e. The van der Waals surface area contributed by atoms with Gasteiger partial charge in [-0.2, -0.15) is 4.31 Å². The number of amides is 1. The average Bonchev–Trinajstić information content (AvgIpc) is 3.44. The van der Waals surface area contributed by atoms with Crippen molar-refractivity contribution in [3.05, 3.63) is 29.8 Å². The maximum absolute atomic E-state index is 12.9. The first kappa shape index (κ1) is 19.3. The summed E-state index contributed by atoms with van der Waals surface area (Å²) >= 11 is 0. The van der Waals surface area contributed by atoms with Gasteiger partial charge in [-0.3, -0.25) is 4.79 Å². The number of hydrogen-bond acceptors (Lipinski definition) is 4. The van der Waals surface area contributed by atoms with Crippen molar-refractivity contribution < 1.29 is 17.9 Å². The van der Waals surface area contributed by atoms with E-state index in [1.54, 1.807) is 17.0 Å². The lowest BCUT2D eigenvalue weighted by Gasteiger charge is -2.34. The van der Waals surface area contributed by atoms with Gasteiger partial charge in [0.2, 0.25) is 10.0 Å². The highest BCUT2D eigenvalue weighted by atomic mass is 32.2. The summed E-state index contributed by atoms with van der Waals surface area (Å²) < 4.78 is 32.8. The first-order valence-corrected chi connectivity index (χ1v) is 10.7. The molecule has 26 heavy (non-hydrogen) atoms. The third kappa shape index (κ3) is 3.94. The van der Waals surface area contributed by atoms with Gasteiger partial charge in [0, 0.05) is 31.7 Å². The molecule has 1 aliphatic carbocycles. The van der Waals surface area contributed by atoms with Crippen LogP contribution < -0.4 is 0 Å². The van der Waals surface area contributed by atoms with Crippen molar-refractivity contribution in [1.82, 2.24) is 9.21 Å². The third-order valence-corrected chi connectivity index (χ3v) is 7.21. The Kier molecular flexibility index (Phi) is 5.42. The van der Waals surface area contributed by atoms with Gasteiger partial charge in [-0.1, -0.05) is 0 Å². The van der Waals surface area contributed by atoms with Crippen LogP contribution in [0.1, 0.15) is 44.0 Å². The predicted octanol–water partition coefficient (Wildman–Crippen LogP) is 2.36. The van der Waals surface area contributed by atoms with Crippen molar-refractivity contribution in [3.63, 3.8) is 0 Å². The number of hydrogen-bond donors (Lipinski definition) is 0. The summed E-state index contributed by atoms with van der Waals surface area (Å²) in [6.07, 6.45) is 2.08. The van der Waals surface area contributed by atoms with Crippen LogP contribution in [0.5, 0.6) is 0 Å². The van der Waals surface area contributed by atoms with Gasteiger partial charge in [0.05, 0.1) is 17.1 Å². The summed E-state index contributed by atoms with van der Waals surface area (Å²) in [7, 11) is -1.77. The Morgan fingerprint density at radius 1 is 1.15 bits per heavy atom. The fraction of sp³-hybridized carbons (Fsp3) is 0.632. The SMILES string of the molecule is CC1CN(S(=O)(=O)c2ccc(C(=O)N(C)C(C)C3CC3)cc2)CC(C)O1. The molecule has 0 bridgehead atoms. The molecule has 1 amide bonds. The van der Waals surface area contributed by atoms with Gasteiger partial charge in [0.1, 0.15) is 0 Å². The fourth-order valence-electron chi connectivity index (χ4n) is 3.53. The molecule has 0 N–H and O–H groups in total. The van der Waals surface area contributed by atoms with E-state index in [1.165, 1.54) is 29.3 Å². The van der Waals surface area contributed by atoms with Crippen LogP contribution >= 0.6 is 0 Å². The van der Waals surface area contributed by atoms with Gasteiger partial charge in [-0.25, -0.2) is 8.42 Å². The molecular weight excluding hydrogens is 352 g/mol. The normalized spacial score (nSPS) is 25.7. The van der Waals surface area contributed by atoms with Crippen LogP contribution in [0.4, 0.5) is 0 Å². The molecule has 2 fully saturated rings. The Morgan fingerprint density at radius 2 is 1.69 bits per heavy atom. The minimum atomic E-state index is -3.58. The van der Waals surface area contributed by atoms with Gasteiger partial charge < -0.3 is 9.64 Å². The van der Waals surface area contributed by atoms with Crippen LogP contribution in [-0.4, -0.2) is 61.9 Å². The molecular formula is C19H28N2O4S. The summed E-state index contributed by atoms with van der Waals surface area (Å²) in [6, 6.07) is 6.49. The standard InChI is InChI=1S/C19H28N2O4S/c1-13-11-21(12-14(2)25-13)26(23,24)18-9-7-17(8-10-18)19(22)20(4)15(3)16-5-6-16/h7-10,13-16H,5-6,11-12H2,1-4H3. The Bertz CT molecular complexity index is 748. The molecule has 0 radical (unpaired) electrons. The van der Waals surface area contributed by atoms with Crippen molar-refractivity contribution in [2.45, 2.75) is 56.8 Å². The van der Waals surface area contributed by atoms with Crippen molar-refractivity contribution in [1.29, 1.82) is 0 Å². The van der Waals surface area contributed by atoms with E-state index in [9.17, 15) is 13.2 Å². The Morgan fingerprint density at radius 3 is 2.19 bits per heavy atom. The van der Waals surface area contributed by atoms with E-state index in [0.717, 1.165) is 0 Å². The van der Waals surface area contributed by atoms with Gasteiger partial charge in [0.25, 0.3) is 5.91 Å². The monoisotopic (exact) mass is 380 g/mol. The Hall–Kier alpha value is -1.44. The number of nitrogens with zero attached hydrogens (tertiary/aromatic N) is 2. The molecule has 6 nitrogen and oxygen atoms in total. The van der Waals surface area contributed by atoms with Crippen molar-refractivity contribution in [3.8, 4) is 0 Å². The highest BCUT2D eigenvalue weighted by Gasteiger charge is 2.34. The van der Waals surface area contributed by atoms with Crippen LogP contribution in [-0.2, 0) is 14.8 Å². The number of carbonyl (C=O) groups excluding carboxylic acids is 1. The molecule has 0 spiro atoms. The molecule has 144 valence electrons. The largest absolute Gasteiger partial charge is 0.373 e. The number of carbonyl (C=O) groups is 1. The van der Waals surface area contributed by atoms with Crippen molar-refractivity contribution in [2.24, 2.45) is 5.92 Å². The van der Waals surface area contributed by atoms with Gasteiger partial charge in [-0.15, -0.1) is 0 Å². The van der Waals surface area contributed by atoms with Crippen LogP contribution in [0, 0.1) is 5.92 Å². The highest BCUT2D eigenvalue weighted by molar-refractivity contribution is 7.89. The zero-order chi connectivity index (χ0) is 19.1. The molecule has 1 aromatic carbocycles. The minimum Gasteiger partial charge on any atom is -0.373 e. The molecule has 7 heteroatoms. The van der Waals surface area contributed by atoms with Crippen LogP contribution in [0.25, 0.3) is 0 Å². The maximum Gasteiger partial charge on any atom is 0.253 e. The average molecular weight is 381 g/mol. The summed E-state index contributed by atoms with van der Waals surface area (Å²) in [5.41, 5.74) is 0.516. The lowest BCUT2D eigenvalue weighted by Crippen LogP contribution is -2.48. The number of sulfonamides is 1. The molecule has 1 aromatic rings. The van der Waals surface area contributed by atoms with Crippen molar-refractivity contribution >= 4 is 15.9 Å². The molecule has 3 rings (SSSR count). The second kappa shape index (κ2) is 7.29. The molecule has 1 saturated carbocycles. The molecule has 3 unspecified atom stereocenters. The second-order valence-electron chi connectivity index (χ2n) is 7.60. The van der Waals surface area contributed by atoms with Crippen LogP contribution in [0.15, 0.2) is 29.2 Å². The molecule has 1 heterocycles. The summed E-state index contributed by atoms with van der Waals surface area (Å²) in [4.78, 5) is 14.6. The van der Waals surface area contributed by atoms with Gasteiger partial charge >= 0.3 is 0 Å². The highest BCUT2D eigenvalue weighted by Crippen LogP contribution is 2.35. The molecule has 0 aromatic heterocycles. The zero-order valence-electron chi connectivity index (χ0n) is 15.9. The lowest BCUT2D eigenvalue weighted by molar-refractivity contribution is -0.0440. The molecule has 1 aliphatic heterocycles. The van der Waals surface area contributed by atoms with E-state index in [4.69, 9.17) is 4.74 Å². The summed E-state index contributed by atoms with van der Waals surface area (Å²) in [6.45, 7) is 6.49. The molecule has 2 aliphatic rings. The van der Waals surface area contributed by atoms with E-state index in [1.807, 2.05) is 20.9 Å². The minimum absolute atomic E-state index is 0.0676.